The lowest BCUT2D eigenvalue weighted by Gasteiger charge is -2.17. The number of carbonyl (C=O) groups is 1. The molecule has 0 aromatic heterocycles. The molecule has 0 bridgehead atoms. The Labute approximate surface area is 186 Å². The van der Waals surface area contributed by atoms with E-state index in [2.05, 4.69) is 16.4 Å². The van der Waals surface area contributed by atoms with Crippen molar-refractivity contribution in [3.8, 4) is 11.5 Å². The van der Waals surface area contributed by atoms with Gasteiger partial charge in [-0.15, -0.1) is 0 Å². The van der Waals surface area contributed by atoms with E-state index in [9.17, 15) is 4.79 Å². The summed E-state index contributed by atoms with van der Waals surface area (Å²) >= 11 is 7.73. The third kappa shape index (κ3) is 5.37. The van der Waals surface area contributed by atoms with Gasteiger partial charge in [-0.25, -0.2) is 4.99 Å². The van der Waals surface area contributed by atoms with Crippen molar-refractivity contribution in [2.45, 2.75) is 40.2 Å². The second-order valence-electron chi connectivity index (χ2n) is 7.20. The zero-order chi connectivity index (χ0) is 21.8. The molecule has 0 unspecified atom stereocenters. The number of rotatable bonds is 6. The first-order chi connectivity index (χ1) is 14.3. The average molecular weight is 445 g/mol. The lowest BCUT2D eigenvalue weighted by atomic mass is 10.1. The van der Waals surface area contributed by atoms with E-state index in [4.69, 9.17) is 21.1 Å². The van der Waals surface area contributed by atoms with E-state index in [1.807, 2.05) is 45.9 Å². The van der Waals surface area contributed by atoms with Crippen molar-refractivity contribution >= 4 is 46.2 Å². The second-order valence-corrected chi connectivity index (χ2v) is 8.64. The number of carbonyl (C=O) groups excluding carboxylic acids is 1. The van der Waals surface area contributed by atoms with Crippen LogP contribution < -0.4 is 14.8 Å². The summed E-state index contributed by atoms with van der Waals surface area (Å²) in [6, 6.07) is 9.62. The molecule has 1 aliphatic heterocycles. The van der Waals surface area contributed by atoms with E-state index >= 15 is 0 Å². The number of ether oxygens (including phenoxy) is 2. The van der Waals surface area contributed by atoms with E-state index in [-0.39, 0.29) is 12.0 Å². The number of aliphatic imine (C=N–C) groups is 1. The van der Waals surface area contributed by atoms with Crippen LogP contribution in [-0.2, 0) is 4.79 Å². The minimum absolute atomic E-state index is 0.0146. The number of nitrogens with one attached hydrogen (secondary N) is 1. The van der Waals surface area contributed by atoms with Crippen LogP contribution >= 0.6 is 23.4 Å². The fraction of sp³-hybridized carbons (Fsp3) is 0.304. The molecule has 0 radical (unpaired) electrons. The number of methoxy groups -OCH3 is 1. The van der Waals surface area contributed by atoms with Crippen molar-refractivity contribution in [1.29, 1.82) is 0 Å². The number of amidine groups is 1. The molecule has 5 nitrogen and oxygen atoms in total. The average Bonchev–Trinajstić information content (AvgIpc) is 3.01. The van der Waals surface area contributed by atoms with E-state index in [0.29, 0.717) is 26.6 Å². The molecule has 7 heteroatoms. The molecule has 1 atom stereocenters. The Bertz CT molecular complexity index is 1010. The molecule has 1 aliphatic rings. The molecule has 2 aromatic carbocycles. The highest BCUT2D eigenvalue weighted by atomic mass is 35.5. The molecule has 0 spiro atoms. The van der Waals surface area contributed by atoms with Gasteiger partial charge in [-0.05, 0) is 86.0 Å². The predicted octanol–water partition coefficient (Wildman–Crippen LogP) is 6.03. The zero-order valence-electron chi connectivity index (χ0n) is 17.7. The number of aryl methyl sites for hydroxylation is 2. The molecule has 158 valence electrons. The van der Waals surface area contributed by atoms with Gasteiger partial charge in [0.15, 0.2) is 16.7 Å². The fourth-order valence-corrected chi connectivity index (χ4v) is 4.09. The van der Waals surface area contributed by atoms with Crippen LogP contribution in [-0.4, -0.2) is 24.3 Å². The van der Waals surface area contributed by atoms with Crippen molar-refractivity contribution in [2.75, 3.05) is 7.11 Å². The highest BCUT2D eigenvalue weighted by Crippen LogP contribution is 2.39. The number of hydrogen-bond donors (Lipinski definition) is 1. The fourth-order valence-electron chi connectivity index (χ4n) is 2.99. The molecule has 1 fully saturated rings. The van der Waals surface area contributed by atoms with Gasteiger partial charge in [-0.3, -0.25) is 4.79 Å². The summed E-state index contributed by atoms with van der Waals surface area (Å²) in [6.07, 6.45) is 2.64. The Morgan fingerprint density at radius 1 is 1.20 bits per heavy atom. The molecule has 2 aromatic rings. The summed E-state index contributed by atoms with van der Waals surface area (Å²) in [5.41, 5.74) is 3.81. The van der Waals surface area contributed by atoms with E-state index in [0.717, 1.165) is 28.8 Å². The summed E-state index contributed by atoms with van der Waals surface area (Å²) in [4.78, 5) is 17.5. The van der Waals surface area contributed by atoms with Crippen molar-refractivity contribution in [2.24, 2.45) is 4.99 Å². The number of halogens is 1. The van der Waals surface area contributed by atoms with Crippen molar-refractivity contribution in [3.05, 3.63) is 56.9 Å². The first kappa shape index (κ1) is 22.2. The highest BCUT2D eigenvalue weighted by molar-refractivity contribution is 8.18. The minimum atomic E-state index is -0.196. The molecular weight excluding hydrogens is 420 g/mol. The van der Waals surface area contributed by atoms with Crippen LogP contribution in [0.2, 0.25) is 5.02 Å². The van der Waals surface area contributed by atoms with Crippen molar-refractivity contribution < 1.29 is 14.3 Å². The Hall–Kier alpha value is -2.44. The Balaban J connectivity index is 1.87. The topological polar surface area (TPSA) is 59.9 Å². The number of amides is 1. The third-order valence-corrected chi connectivity index (χ3v) is 5.72. The molecule has 3 rings (SSSR count). The summed E-state index contributed by atoms with van der Waals surface area (Å²) in [6.45, 7) is 8.06. The quantitative estimate of drug-likeness (QED) is 0.552. The molecule has 0 saturated carbocycles. The number of nitrogens with zero attached hydrogens (tertiary/aromatic N) is 1. The molecule has 0 aliphatic carbocycles. The monoisotopic (exact) mass is 444 g/mol. The van der Waals surface area contributed by atoms with Crippen molar-refractivity contribution in [3.63, 3.8) is 0 Å². The van der Waals surface area contributed by atoms with E-state index < -0.39 is 0 Å². The summed E-state index contributed by atoms with van der Waals surface area (Å²) < 4.78 is 11.3. The number of hydrogen-bond acceptors (Lipinski definition) is 5. The maximum Gasteiger partial charge on any atom is 0.264 e. The Morgan fingerprint density at radius 3 is 2.53 bits per heavy atom. The molecule has 1 heterocycles. The van der Waals surface area contributed by atoms with Gasteiger partial charge in [0.2, 0.25) is 0 Å². The Kier molecular flexibility index (Phi) is 7.10. The SMILES string of the molecule is CC[C@H](C)Oc1c(Cl)cc(/C=C2\SC(=Nc3cc(C)cc(C)c3)NC2=O)cc1OC. The Morgan fingerprint density at radius 2 is 1.90 bits per heavy atom. The second kappa shape index (κ2) is 9.58. The van der Waals surface area contributed by atoms with Gasteiger partial charge in [0, 0.05) is 0 Å². The van der Waals surface area contributed by atoms with E-state index in [1.54, 1.807) is 19.3 Å². The first-order valence-electron chi connectivity index (χ1n) is 9.71. The predicted molar refractivity (Wildman–Crippen MR) is 125 cm³/mol. The third-order valence-electron chi connectivity index (χ3n) is 4.53. The minimum Gasteiger partial charge on any atom is -0.493 e. The normalized spacial score (nSPS) is 17.3. The van der Waals surface area contributed by atoms with Crippen LogP contribution in [0, 0.1) is 13.8 Å². The summed E-state index contributed by atoms with van der Waals surface area (Å²) in [5.74, 6) is 0.844. The van der Waals surface area contributed by atoms with E-state index in [1.165, 1.54) is 11.8 Å². The van der Waals surface area contributed by atoms with Gasteiger partial charge in [-0.1, -0.05) is 24.6 Å². The smallest absolute Gasteiger partial charge is 0.264 e. The van der Waals surface area contributed by atoms with Crippen LogP contribution in [0.3, 0.4) is 0 Å². The maximum absolute atomic E-state index is 12.4. The van der Waals surface area contributed by atoms with Crippen LogP contribution in [0.25, 0.3) is 6.08 Å². The van der Waals surface area contributed by atoms with Crippen LogP contribution in [0.4, 0.5) is 5.69 Å². The van der Waals surface area contributed by atoms with Crippen LogP contribution in [0.1, 0.15) is 37.0 Å². The molecule has 1 saturated heterocycles. The van der Waals surface area contributed by atoms with Gasteiger partial charge < -0.3 is 14.8 Å². The largest absolute Gasteiger partial charge is 0.493 e. The number of thioether (sulfide) groups is 1. The first-order valence-corrected chi connectivity index (χ1v) is 10.9. The maximum atomic E-state index is 12.4. The standard InChI is InChI=1S/C23H25ClN2O3S/c1-6-15(4)29-21-18(24)10-16(11-19(21)28-5)12-20-22(27)26-23(30-20)25-17-8-13(2)7-14(3)9-17/h7-12,15H,6H2,1-5H3,(H,25,26,27)/b20-12-/t15-/m0/s1. The molecule has 1 amide bonds. The van der Waals surface area contributed by atoms with Crippen LogP contribution in [0.15, 0.2) is 40.2 Å². The molecule has 30 heavy (non-hydrogen) atoms. The highest BCUT2D eigenvalue weighted by Gasteiger charge is 2.24. The van der Waals surface area contributed by atoms with Gasteiger partial charge in [0.1, 0.15) is 0 Å². The zero-order valence-corrected chi connectivity index (χ0v) is 19.3. The van der Waals surface area contributed by atoms with Gasteiger partial charge in [-0.2, -0.15) is 0 Å². The van der Waals surface area contributed by atoms with Gasteiger partial charge in [0.25, 0.3) is 5.91 Å². The summed E-state index contributed by atoms with van der Waals surface area (Å²) in [5, 5.41) is 3.80. The van der Waals surface area contributed by atoms with Crippen LogP contribution in [0.5, 0.6) is 11.5 Å². The van der Waals surface area contributed by atoms with Gasteiger partial charge >= 0.3 is 0 Å². The number of benzene rings is 2. The lowest BCUT2D eigenvalue weighted by Crippen LogP contribution is -2.19. The molecular formula is C23H25ClN2O3S. The summed E-state index contributed by atoms with van der Waals surface area (Å²) in [7, 11) is 1.57. The van der Waals surface area contributed by atoms with Gasteiger partial charge in [0.05, 0.1) is 28.8 Å². The lowest BCUT2D eigenvalue weighted by molar-refractivity contribution is -0.115. The van der Waals surface area contributed by atoms with Crippen molar-refractivity contribution in [1.82, 2.24) is 5.32 Å². The molecule has 1 N–H and O–H groups in total.